The molecule has 0 saturated carbocycles. The molecule has 0 nitrogen and oxygen atoms in total. The SMILES string of the molecule is CCCCCC(C)CCC(CCC(C)C)CC(C)CC. The van der Waals surface area contributed by atoms with Crippen LogP contribution in [-0.2, 0) is 0 Å². The van der Waals surface area contributed by atoms with Crippen molar-refractivity contribution < 1.29 is 0 Å². The Kier molecular flexibility index (Phi) is 12.7. The molecule has 0 spiro atoms. The lowest BCUT2D eigenvalue weighted by Gasteiger charge is -2.23. The van der Waals surface area contributed by atoms with E-state index in [1.54, 1.807) is 0 Å². The highest BCUT2D eigenvalue weighted by Gasteiger charge is 2.14. The van der Waals surface area contributed by atoms with Crippen molar-refractivity contribution in [1.29, 1.82) is 0 Å². The molecule has 122 valence electrons. The van der Waals surface area contributed by atoms with Gasteiger partial charge in [-0.25, -0.2) is 0 Å². The molecule has 0 amide bonds. The maximum Gasteiger partial charge on any atom is -0.0412 e. The smallest absolute Gasteiger partial charge is 0.0412 e. The Bertz CT molecular complexity index is 194. The molecule has 0 heteroatoms. The molecule has 0 bridgehead atoms. The zero-order valence-corrected chi connectivity index (χ0v) is 15.4. The Morgan fingerprint density at radius 2 is 1.30 bits per heavy atom. The molecular formula is C20H42. The molecule has 20 heavy (non-hydrogen) atoms. The van der Waals surface area contributed by atoms with Crippen LogP contribution in [0.15, 0.2) is 0 Å². The summed E-state index contributed by atoms with van der Waals surface area (Å²) in [5, 5.41) is 0. The van der Waals surface area contributed by atoms with E-state index in [2.05, 4.69) is 41.5 Å². The van der Waals surface area contributed by atoms with E-state index in [1.165, 1.54) is 64.2 Å². The minimum atomic E-state index is 0.872. The number of unbranched alkanes of at least 4 members (excludes halogenated alkanes) is 2. The van der Waals surface area contributed by atoms with Crippen molar-refractivity contribution in [2.45, 2.75) is 106 Å². The molecule has 0 aromatic heterocycles. The van der Waals surface area contributed by atoms with Crippen LogP contribution in [0.3, 0.4) is 0 Å². The van der Waals surface area contributed by atoms with Crippen LogP contribution in [0.1, 0.15) is 106 Å². The molecule has 3 unspecified atom stereocenters. The van der Waals surface area contributed by atoms with Gasteiger partial charge < -0.3 is 0 Å². The fourth-order valence-electron chi connectivity index (χ4n) is 3.09. The zero-order valence-electron chi connectivity index (χ0n) is 15.4. The van der Waals surface area contributed by atoms with Gasteiger partial charge in [-0.05, 0) is 30.1 Å². The Morgan fingerprint density at radius 3 is 1.85 bits per heavy atom. The molecule has 0 N–H and O–H groups in total. The van der Waals surface area contributed by atoms with Crippen LogP contribution < -0.4 is 0 Å². The fourth-order valence-corrected chi connectivity index (χ4v) is 3.09. The van der Waals surface area contributed by atoms with Gasteiger partial charge in [0.15, 0.2) is 0 Å². The Balaban J connectivity index is 3.99. The summed E-state index contributed by atoms with van der Waals surface area (Å²) in [4.78, 5) is 0. The van der Waals surface area contributed by atoms with E-state index in [-0.39, 0.29) is 0 Å². The lowest BCUT2D eigenvalue weighted by molar-refractivity contribution is 0.296. The summed E-state index contributed by atoms with van der Waals surface area (Å²) in [7, 11) is 0. The molecule has 0 rings (SSSR count). The summed E-state index contributed by atoms with van der Waals surface area (Å²) in [6, 6.07) is 0. The number of hydrogen-bond acceptors (Lipinski definition) is 0. The van der Waals surface area contributed by atoms with Gasteiger partial charge in [0.25, 0.3) is 0 Å². The van der Waals surface area contributed by atoms with Crippen molar-refractivity contribution in [1.82, 2.24) is 0 Å². The van der Waals surface area contributed by atoms with E-state index in [0.29, 0.717) is 0 Å². The highest BCUT2D eigenvalue weighted by Crippen LogP contribution is 2.28. The van der Waals surface area contributed by atoms with Gasteiger partial charge >= 0.3 is 0 Å². The largest absolute Gasteiger partial charge is 0.0654 e. The first-order chi connectivity index (χ1) is 9.49. The quantitative estimate of drug-likeness (QED) is 0.307. The molecule has 0 aromatic carbocycles. The van der Waals surface area contributed by atoms with Gasteiger partial charge in [0.1, 0.15) is 0 Å². The van der Waals surface area contributed by atoms with Gasteiger partial charge in [-0.3, -0.25) is 0 Å². The van der Waals surface area contributed by atoms with Gasteiger partial charge in [0, 0.05) is 0 Å². The second-order valence-electron chi connectivity index (χ2n) is 7.76. The molecule has 0 aliphatic carbocycles. The summed E-state index contributed by atoms with van der Waals surface area (Å²) < 4.78 is 0. The average molecular weight is 283 g/mol. The summed E-state index contributed by atoms with van der Waals surface area (Å²) in [5.74, 6) is 3.72. The van der Waals surface area contributed by atoms with Crippen molar-refractivity contribution in [3.63, 3.8) is 0 Å². The standard InChI is InChI=1S/C20H42/c1-7-9-10-11-19(6)13-15-20(14-12-17(3)4)16-18(5)8-2/h17-20H,7-16H2,1-6H3. The third kappa shape index (κ3) is 11.8. The average Bonchev–Trinajstić information content (AvgIpc) is 2.41. The van der Waals surface area contributed by atoms with Crippen LogP contribution in [0.5, 0.6) is 0 Å². The lowest BCUT2D eigenvalue weighted by Crippen LogP contribution is -2.09. The zero-order chi connectivity index (χ0) is 15.4. The van der Waals surface area contributed by atoms with Gasteiger partial charge in [0.2, 0.25) is 0 Å². The molecule has 0 saturated heterocycles. The van der Waals surface area contributed by atoms with E-state index in [9.17, 15) is 0 Å². The second kappa shape index (κ2) is 12.7. The Labute approximate surface area is 130 Å². The van der Waals surface area contributed by atoms with Gasteiger partial charge in [-0.2, -0.15) is 0 Å². The van der Waals surface area contributed by atoms with Crippen molar-refractivity contribution >= 4 is 0 Å². The van der Waals surface area contributed by atoms with Crippen molar-refractivity contribution in [3.8, 4) is 0 Å². The van der Waals surface area contributed by atoms with Gasteiger partial charge in [-0.1, -0.05) is 99.3 Å². The predicted molar refractivity (Wildman–Crippen MR) is 94.2 cm³/mol. The van der Waals surface area contributed by atoms with Gasteiger partial charge in [-0.15, -0.1) is 0 Å². The van der Waals surface area contributed by atoms with E-state index >= 15 is 0 Å². The second-order valence-corrected chi connectivity index (χ2v) is 7.76. The minimum absolute atomic E-state index is 0.872. The van der Waals surface area contributed by atoms with E-state index in [4.69, 9.17) is 0 Å². The third-order valence-electron chi connectivity index (χ3n) is 4.95. The topological polar surface area (TPSA) is 0 Å². The lowest BCUT2D eigenvalue weighted by atomic mass is 9.83. The molecule has 0 aliphatic rings. The highest BCUT2D eigenvalue weighted by atomic mass is 14.2. The van der Waals surface area contributed by atoms with E-state index < -0.39 is 0 Å². The van der Waals surface area contributed by atoms with Crippen LogP contribution in [0.2, 0.25) is 0 Å². The van der Waals surface area contributed by atoms with Crippen LogP contribution in [0.4, 0.5) is 0 Å². The fraction of sp³-hybridized carbons (Fsp3) is 1.00. The summed E-state index contributed by atoms with van der Waals surface area (Å²) in [6.45, 7) is 14.3. The number of hydrogen-bond donors (Lipinski definition) is 0. The van der Waals surface area contributed by atoms with Crippen molar-refractivity contribution in [2.24, 2.45) is 23.7 Å². The van der Waals surface area contributed by atoms with Crippen LogP contribution in [-0.4, -0.2) is 0 Å². The van der Waals surface area contributed by atoms with Crippen LogP contribution >= 0.6 is 0 Å². The van der Waals surface area contributed by atoms with Crippen LogP contribution in [0, 0.1) is 23.7 Å². The number of rotatable bonds is 13. The molecule has 0 aromatic rings. The summed E-state index contributed by atoms with van der Waals surface area (Å²) >= 11 is 0. The normalized spacial score (nSPS) is 16.4. The minimum Gasteiger partial charge on any atom is -0.0654 e. The molecule has 0 aliphatic heterocycles. The monoisotopic (exact) mass is 282 g/mol. The van der Waals surface area contributed by atoms with Gasteiger partial charge in [0.05, 0.1) is 0 Å². The van der Waals surface area contributed by atoms with E-state index in [0.717, 1.165) is 23.7 Å². The summed E-state index contributed by atoms with van der Waals surface area (Å²) in [6.07, 6.45) is 14.3. The molecule has 3 atom stereocenters. The third-order valence-corrected chi connectivity index (χ3v) is 4.95. The predicted octanol–water partition coefficient (Wildman–Crippen LogP) is 7.47. The van der Waals surface area contributed by atoms with Crippen molar-refractivity contribution in [2.75, 3.05) is 0 Å². The Morgan fingerprint density at radius 1 is 0.650 bits per heavy atom. The first-order valence-corrected chi connectivity index (χ1v) is 9.49. The first kappa shape index (κ1) is 20.0. The van der Waals surface area contributed by atoms with Crippen molar-refractivity contribution in [3.05, 3.63) is 0 Å². The molecular weight excluding hydrogens is 240 g/mol. The Hall–Kier alpha value is 0. The van der Waals surface area contributed by atoms with E-state index in [1.807, 2.05) is 0 Å². The molecule has 0 heterocycles. The summed E-state index contributed by atoms with van der Waals surface area (Å²) in [5.41, 5.74) is 0. The highest BCUT2D eigenvalue weighted by molar-refractivity contribution is 4.67. The molecule has 0 radical (unpaired) electrons. The first-order valence-electron chi connectivity index (χ1n) is 9.49. The van der Waals surface area contributed by atoms with Crippen LogP contribution in [0.25, 0.3) is 0 Å². The maximum atomic E-state index is 2.47. The molecule has 0 fully saturated rings. The maximum absolute atomic E-state index is 2.47.